The summed E-state index contributed by atoms with van der Waals surface area (Å²) in [6, 6.07) is 10.4. The second kappa shape index (κ2) is 15.8. The van der Waals surface area contributed by atoms with E-state index >= 15 is 0 Å². The molecule has 0 bridgehead atoms. The molecule has 2 nitrogen and oxygen atoms in total. The van der Waals surface area contributed by atoms with Gasteiger partial charge < -0.3 is 5.11 Å². The molecular formula is C24H37O2. The van der Waals surface area contributed by atoms with Crippen LogP contribution in [0.15, 0.2) is 36.4 Å². The Morgan fingerprint density at radius 1 is 1.04 bits per heavy atom. The highest BCUT2D eigenvalue weighted by molar-refractivity contribution is 5.95. The van der Waals surface area contributed by atoms with Gasteiger partial charge in [0.2, 0.25) is 0 Å². The van der Waals surface area contributed by atoms with E-state index in [0.717, 1.165) is 38.5 Å². The quantitative estimate of drug-likeness (QED) is 0.203. The van der Waals surface area contributed by atoms with Crippen LogP contribution in [0.25, 0.3) is 0 Å². The van der Waals surface area contributed by atoms with Gasteiger partial charge in [0.25, 0.3) is 0 Å². The van der Waals surface area contributed by atoms with Gasteiger partial charge in [-0.15, -0.1) is 0 Å². The summed E-state index contributed by atoms with van der Waals surface area (Å²) in [6.45, 7) is 2.21. The zero-order valence-corrected chi connectivity index (χ0v) is 16.6. The molecule has 1 atom stereocenters. The minimum absolute atomic E-state index is 0.164. The summed E-state index contributed by atoms with van der Waals surface area (Å²) in [5, 5.41) is 9.89. The van der Waals surface area contributed by atoms with E-state index in [1.165, 1.54) is 38.5 Å². The van der Waals surface area contributed by atoms with E-state index in [2.05, 4.69) is 25.1 Å². The van der Waals surface area contributed by atoms with Crippen LogP contribution in [0.4, 0.5) is 0 Å². The second-order valence-electron chi connectivity index (χ2n) is 7.22. The molecule has 145 valence electrons. The van der Waals surface area contributed by atoms with E-state index in [9.17, 15) is 9.90 Å². The number of benzene rings is 1. The maximum atomic E-state index is 11.9. The molecule has 0 saturated heterocycles. The van der Waals surface area contributed by atoms with Crippen molar-refractivity contribution in [1.82, 2.24) is 0 Å². The van der Waals surface area contributed by atoms with Gasteiger partial charge in [-0.1, -0.05) is 88.3 Å². The van der Waals surface area contributed by atoms with Gasteiger partial charge in [-0.25, -0.2) is 0 Å². The lowest BCUT2D eigenvalue weighted by molar-refractivity contribution is 0.0979. The molecule has 0 fully saturated rings. The van der Waals surface area contributed by atoms with Crippen LogP contribution in [0.2, 0.25) is 0 Å². The highest BCUT2D eigenvalue weighted by atomic mass is 16.3. The van der Waals surface area contributed by atoms with Crippen molar-refractivity contribution in [1.29, 1.82) is 0 Å². The first kappa shape index (κ1) is 22.6. The maximum Gasteiger partial charge on any atom is 0.163 e. The number of unbranched alkanes of at least 4 members (excludes halogenated alkanes) is 8. The van der Waals surface area contributed by atoms with E-state index in [-0.39, 0.29) is 11.9 Å². The Morgan fingerprint density at radius 2 is 1.81 bits per heavy atom. The number of aliphatic hydroxyl groups is 1. The van der Waals surface area contributed by atoms with Crippen LogP contribution in [0, 0.1) is 6.07 Å². The summed E-state index contributed by atoms with van der Waals surface area (Å²) in [5.41, 5.74) is 0.713. The van der Waals surface area contributed by atoms with E-state index in [0.29, 0.717) is 12.0 Å². The molecule has 0 spiro atoms. The minimum atomic E-state index is -0.164. The van der Waals surface area contributed by atoms with Crippen LogP contribution in [-0.4, -0.2) is 17.0 Å². The Hall–Kier alpha value is -1.41. The number of Topliss-reactive ketones (excluding diaryl/α,β-unsaturated/α-hetero) is 1. The van der Waals surface area contributed by atoms with Crippen LogP contribution in [0.5, 0.6) is 0 Å². The van der Waals surface area contributed by atoms with E-state index in [1.54, 1.807) is 6.07 Å². The molecule has 0 aromatic heterocycles. The predicted octanol–water partition coefficient (Wildman–Crippen LogP) is 6.68. The third kappa shape index (κ3) is 12.0. The number of rotatable bonds is 16. The van der Waals surface area contributed by atoms with Crippen molar-refractivity contribution in [3.05, 3.63) is 48.0 Å². The Balaban J connectivity index is 1.90. The van der Waals surface area contributed by atoms with Crippen molar-refractivity contribution < 1.29 is 9.90 Å². The van der Waals surface area contributed by atoms with Crippen LogP contribution in [0.3, 0.4) is 0 Å². The number of hydrogen-bond donors (Lipinski definition) is 1. The molecule has 1 N–H and O–H groups in total. The van der Waals surface area contributed by atoms with Gasteiger partial charge in [-0.05, 0) is 38.2 Å². The second-order valence-corrected chi connectivity index (χ2v) is 7.22. The molecule has 2 heteroatoms. The Kier molecular flexibility index (Phi) is 13.8. The van der Waals surface area contributed by atoms with Gasteiger partial charge in [0, 0.05) is 12.0 Å². The molecule has 0 saturated carbocycles. The molecule has 1 rings (SSSR count). The SMILES string of the molecule is CCCCCC[C@@H](O)C/C=C\CCCCCCCC(=O)c1[c]cccc1. The van der Waals surface area contributed by atoms with E-state index in [4.69, 9.17) is 0 Å². The lowest BCUT2D eigenvalue weighted by atomic mass is 10.0. The van der Waals surface area contributed by atoms with Crippen molar-refractivity contribution in [2.24, 2.45) is 0 Å². The predicted molar refractivity (Wildman–Crippen MR) is 110 cm³/mol. The summed E-state index contributed by atoms with van der Waals surface area (Å²) in [6.07, 6.45) is 18.3. The van der Waals surface area contributed by atoms with Gasteiger partial charge in [-0.2, -0.15) is 0 Å². The molecule has 0 unspecified atom stereocenters. The van der Waals surface area contributed by atoms with Gasteiger partial charge in [0.15, 0.2) is 5.78 Å². The molecule has 0 aliphatic rings. The van der Waals surface area contributed by atoms with Crippen LogP contribution < -0.4 is 0 Å². The first-order valence-corrected chi connectivity index (χ1v) is 10.6. The number of hydrogen-bond acceptors (Lipinski definition) is 2. The summed E-state index contributed by atoms with van der Waals surface area (Å²) >= 11 is 0. The highest BCUT2D eigenvalue weighted by Crippen LogP contribution is 2.12. The smallest absolute Gasteiger partial charge is 0.163 e. The monoisotopic (exact) mass is 357 g/mol. The third-order valence-electron chi connectivity index (χ3n) is 4.75. The average molecular weight is 358 g/mol. The minimum Gasteiger partial charge on any atom is -0.393 e. The lowest BCUT2D eigenvalue weighted by Crippen LogP contribution is -2.04. The largest absolute Gasteiger partial charge is 0.393 e. The van der Waals surface area contributed by atoms with Crippen LogP contribution in [-0.2, 0) is 0 Å². The van der Waals surface area contributed by atoms with Gasteiger partial charge in [0.05, 0.1) is 6.10 Å². The molecule has 1 aromatic rings. The van der Waals surface area contributed by atoms with Gasteiger partial charge >= 0.3 is 0 Å². The summed E-state index contributed by atoms with van der Waals surface area (Å²) in [5.74, 6) is 0.210. The van der Waals surface area contributed by atoms with Crippen molar-refractivity contribution >= 4 is 5.78 Å². The fraction of sp³-hybridized carbons (Fsp3) is 0.625. The zero-order valence-electron chi connectivity index (χ0n) is 16.6. The number of aliphatic hydroxyl groups excluding tert-OH is 1. The molecule has 0 amide bonds. The van der Waals surface area contributed by atoms with E-state index in [1.807, 2.05) is 18.2 Å². The maximum absolute atomic E-state index is 11.9. The third-order valence-corrected chi connectivity index (χ3v) is 4.75. The van der Waals surface area contributed by atoms with Crippen LogP contribution >= 0.6 is 0 Å². The van der Waals surface area contributed by atoms with Crippen molar-refractivity contribution in [3.63, 3.8) is 0 Å². The number of allylic oxidation sites excluding steroid dienone is 1. The standard InChI is InChI=1S/C24H37O2/c1-2-3-4-14-19-23(25)20-15-9-7-5-6-8-10-16-21-24(26)22-17-12-11-13-18-22/h9,11-13,15,17,23,25H,2-8,10,14,16,19-21H2,1H3/b15-9-/t23-/m1/s1. The van der Waals surface area contributed by atoms with Crippen LogP contribution in [0.1, 0.15) is 101 Å². The first-order chi connectivity index (χ1) is 12.7. The molecule has 26 heavy (non-hydrogen) atoms. The Bertz CT molecular complexity index is 478. The molecule has 0 aliphatic carbocycles. The van der Waals surface area contributed by atoms with Gasteiger partial charge in [0.1, 0.15) is 0 Å². The highest BCUT2D eigenvalue weighted by Gasteiger charge is 2.04. The zero-order chi connectivity index (χ0) is 18.9. The summed E-state index contributed by atoms with van der Waals surface area (Å²) < 4.78 is 0. The number of ketones is 1. The Labute approximate surface area is 160 Å². The number of carbonyl (C=O) groups is 1. The van der Waals surface area contributed by atoms with Crippen molar-refractivity contribution in [3.8, 4) is 0 Å². The molecule has 1 radical (unpaired) electrons. The first-order valence-electron chi connectivity index (χ1n) is 10.6. The lowest BCUT2D eigenvalue weighted by Gasteiger charge is -2.07. The molecule has 1 aromatic carbocycles. The van der Waals surface area contributed by atoms with Gasteiger partial charge in [-0.3, -0.25) is 4.79 Å². The van der Waals surface area contributed by atoms with Crippen molar-refractivity contribution in [2.75, 3.05) is 0 Å². The van der Waals surface area contributed by atoms with Crippen molar-refractivity contribution in [2.45, 2.75) is 96.5 Å². The fourth-order valence-electron chi connectivity index (χ4n) is 3.08. The summed E-state index contributed by atoms with van der Waals surface area (Å²) in [7, 11) is 0. The van der Waals surface area contributed by atoms with E-state index < -0.39 is 0 Å². The molecule has 0 heterocycles. The molecular weight excluding hydrogens is 320 g/mol. The Morgan fingerprint density at radius 3 is 2.58 bits per heavy atom. The summed E-state index contributed by atoms with van der Waals surface area (Å²) in [4.78, 5) is 11.9. The topological polar surface area (TPSA) is 37.3 Å². The normalized spacial score (nSPS) is 12.5. The average Bonchev–Trinajstić information content (AvgIpc) is 2.67. The number of carbonyl (C=O) groups excluding carboxylic acids is 1. The fourth-order valence-corrected chi connectivity index (χ4v) is 3.08. The molecule has 0 aliphatic heterocycles.